The highest BCUT2D eigenvalue weighted by Gasteiger charge is 2.25. The molecule has 0 saturated carbocycles. The summed E-state index contributed by atoms with van der Waals surface area (Å²) in [4.78, 5) is 25.8. The number of carbonyl (C=O) groups excluding carboxylic acids is 2. The fourth-order valence-electron chi connectivity index (χ4n) is 3.29. The average Bonchev–Trinajstić information content (AvgIpc) is 2.79. The van der Waals surface area contributed by atoms with Crippen molar-refractivity contribution in [2.75, 3.05) is 25.0 Å². The molecule has 2 aromatic carbocycles. The summed E-state index contributed by atoms with van der Waals surface area (Å²) >= 11 is 0. The van der Waals surface area contributed by atoms with Crippen LogP contribution < -0.4 is 14.8 Å². The smallest absolute Gasteiger partial charge is 0.410 e. The van der Waals surface area contributed by atoms with Crippen LogP contribution in [0.4, 0.5) is 10.5 Å². The van der Waals surface area contributed by atoms with E-state index in [1.165, 1.54) is 12.1 Å². The minimum atomic E-state index is -3.66. The Hall–Kier alpha value is -2.91. The summed E-state index contributed by atoms with van der Waals surface area (Å²) in [6.45, 7) is 4.91. The summed E-state index contributed by atoms with van der Waals surface area (Å²) in [5, 5.41) is 2.74. The van der Waals surface area contributed by atoms with Crippen LogP contribution in [0.3, 0.4) is 0 Å². The number of nitrogens with one attached hydrogen (secondary N) is 2. The predicted octanol–water partition coefficient (Wildman–Crippen LogP) is 3.47. The molecule has 1 fully saturated rings. The van der Waals surface area contributed by atoms with E-state index in [0.717, 1.165) is 0 Å². The van der Waals surface area contributed by atoms with E-state index in [2.05, 4.69) is 10.0 Å². The van der Waals surface area contributed by atoms with Gasteiger partial charge in [-0.1, -0.05) is 32.0 Å². The Balaban J connectivity index is 1.46. The maximum atomic E-state index is 12.6. The molecule has 1 saturated heterocycles. The molecule has 172 valence electrons. The number of sulfonamides is 1. The zero-order chi connectivity index (χ0) is 23.1. The molecular weight excluding hydrogens is 430 g/mol. The predicted molar refractivity (Wildman–Crippen MR) is 122 cm³/mol. The van der Waals surface area contributed by atoms with Crippen molar-refractivity contribution in [3.63, 3.8) is 0 Å². The minimum absolute atomic E-state index is 0.127. The topological polar surface area (TPSA) is 105 Å². The van der Waals surface area contributed by atoms with Gasteiger partial charge in [0.15, 0.2) is 0 Å². The lowest BCUT2D eigenvalue weighted by molar-refractivity contribution is -0.118. The Morgan fingerprint density at radius 1 is 1.03 bits per heavy atom. The van der Waals surface area contributed by atoms with Crippen LogP contribution in [0.2, 0.25) is 0 Å². The van der Waals surface area contributed by atoms with Gasteiger partial charge in [-0.15, -0.1) is 0 Å². The third-order valence-corrected chi connectivity index (χ3v) is 6.78. The molecule has 0 bridgehead atoms. The summed E-state index contributed by atoms with van der Waals surface area (Å²) in [5.74, 6) is 0.349. The number of anilines is 1. The maximum absolute atomic E-state index is 12.6. The first kappa shape index (κ1) is 23.7. The Bertz CT molecular complexity index is 1020. The molecule has 1 heterocycles. The first-order valence-corrected chi connectivity index (χ1v) is 12.2. The molecule has 0 spiro atoms. The van der Waals surface area contributed by atoms with Gasteiger partial charge in [-0.05, 0) is 55.2 Å². The maximum Gasteiger partial charge on any atom is 0.415 e. The lowest BCUT2D eigenvalue weighted by Crippen LogP contribution is -2.42. The number of ether oxygens (including phenoxy) is 1. The first-order chi connectivity index (χ1) is 15.2. The Kier molecular flexibility index (Phi) is 7.87. The monoisotopic (exact) mass is 459 g/mol. The zero-order valence-electron chi connectivity index (χ0n) is 18.3. The number of rotatable bonds is 7. The molecule has 1 aliphatic heterocycles. The third kappa shape index (κ3) is 6.54. The van der Waals surface area contributed by atoms with E-state index in [9.17, 15) is 18.0 Å². The largest absolute Gasteiger partial charge is 0.415 e. The molecular formula is C23H29N3O5S. The van der Waals surface area contributed by atoms with Crippen molar-refractivity contribution in [3.05, 3.63) is 54.6 Å². The van der Waals surface area contributed by atoms with Gasteiger partial charge in [0.25, 0.3) is 0 Å². The number of hydrogen-bond acceptors (Lipinski definition) is 5. The molecule has 2 aromatic rings. The number of carbonyl (C=O) groups is 2. The number of benzene rings is 2. The van der Waals surface area contributed by atoms with Crippen molar-refractivity contribution < 1.29 is 22.7 Å². The third-order valence-electron chi connectivity index (χ3n) is 5.34. The van der Waals surface area contributed by atoms with Crippen molar-refractivity contribution in [3.8, 4) is 5.75 Å². The van der Waals surface area contributed by atoms with Crippen molar-refractivity contribution >= 4 is 27.7 Å². The van der Waals surface area contributed by atoms with Gasteiger partial charge in [0.1, 0.15) is 5.75 Å². The van der Waals surface area contributed by atoms with Gasteiger partial charge in [0.2, 0.25) is 15.9 Å². The molecule has 32 heavy (non-hydrogen) atoms. The normalized spacial score (nSPS) is 14.9. The van der Waals surface area contributed by atoms with E-state index in [4.69, 9.17) is 4.74 Å². The van der Waals surface area contributed by atoms with Gasteiger partial charge in [0.05, 0.1) is 4.90 Å². The standard InChI is InChI=1S/C23H29N3O5S/c1-17(2)22(27)25-19-8-10-21(11-9-19)32(29,30)24-16-18-12-14-26(15-13-18)23(28)31-20-6-4-3-5-7-20/h3-11,17-18,24H,12-16H2,1-2H3,(H,25,27). The van der Waals surface area contributed by atoms with Crippen LogP contribution >= 0.6 is 0 Å². The van der Waals surface area contributed by atoms with Crippen molar-refractivity contribution in [2.45, 2.75) is 31.6 Å². The molecule has 2 amide bonds. The van der Waals surface area contributed by atoms with Crippen molar-refractivity contribution in [2.24, 2.45) is 11.8 Å². The molecule has 0 aromatic heterocycles. The number of amides is 2. The van der Waals surface area contributed by atoms with Gasteiger partial charge in [-0.25, -0.2) is 17.9 Å². The fraction of sp³-hybridized carbons (Fsp3) is 0.391. The summed E-state index contributed by atoms with van der Waals surface area (Å²) in [5.41, 5.74) is 0.553. The van der Waals surface area contributed by atoms with E-state index in [-0.39, 0.29) is 28.7 Å². The summed E-state index contributed by atoms with van der Waals surface area (Å²) in [6, 6.07) is 15.0. The van der Waals surface area contributed by atoms with E-state index < -0.39 is 10.0 Å². The molecule has 0 aliphatic carbocycles. The number of likely N-dealkylation sites (tertiary alicyclic amines) is 1. The second kappa shape index (κ2) is 10.6. The van der Waals surface area contributed by atoms with Gasteiger partial charge in [-0.2, -0.15) is 0 Å². The second-order valence-corrected chi connectivity index (χ2v) is 9.90. The van der Waals surface area contributed by atoms with Crippen LogP contribution in [0.25, 0.3) is 0 Å². The number of para-hydroxylation sites is 1. The molecule has 9 heteroatoms. The minimum Gasteiger partial charge on any atom is -0.410 e. The van der Waals surface area contributed by atoms with E-state index >= 15 is 0 Å². The highest BCUT2D eigenvalue weighted by Crippen LogP contribution is 2.20. The molecule has 0 atom stereocenters. The van der Waals surface area contributed by atoms with Gasteiger partial charge >= 0.3 is 6.09 Å². The highest BCUT2D eigenvalue weighted by atomic mass is 32.2. The van der Waals surface area contributed by atoms with Crippen LogP contribution in [-0.4, -0.2) is 45.0 Å². The van der Waals surface area contributed by atoms with E-state index in [1.54, 1.807) is 55.1 Å². The summed E-state index contributed by atoms with van der Waals surface area (Å²) in [6.07, 6.45) is 0.985. The van der Waals surface area contributed by atoms with Gasteiger partial charge in [-0.3, -0.25) is 4.79 Å². The molecule has 3 rings (SSSR count). The summed E-state index contributed by atoms with van der Waals surface area (Å²) < 4.78 is 33.2. The lowest BCUT2D eigenvalue weighted by Gasteiger charge is -2.31. The van der Waals surface area contributed by atoms with Gasteiger partial charge < -0.3 is 15.0 Å². The molecule has 8 nitrogen and oxygen atoms in total. The SMILES string of the molecule is CC(C)C(=O)Nc1ccc(S(=O)(=O)NCC2CCN(C(=O)Oc3ccccc3)CC2)cc1. The van der Waals surface area contributed by atoms with Gasteiger partial charge in [0, 0.05) is 31.2 Å². The number of hydrogen-bond donors (Lipinski definition) is 2. The number of piperidine rings is 1. The molecule has 0 radical (unpaired) electrons. The molecule has 1 aliphatic rings. The molecule has 0 unspecified atom stereocenters. The van der Waals surface area contributed by atoms with Crippen molar-refractivity contribution in [1.29, 1.82) is 0 Å². The van der Waals surface area contributed by atoms with Crippen LogP contribution in [-0.2, 0) is 14.8 Å². The fourth-order valence-corrected chi connectivity index (χ4v) is 4.40. The van der Waals surface area contributed by atoms with Crippen LogP contribution in [0, 0.1) is 11.8 Å². The highest BCUT2D eigenvalue weighted by molar-refractivity contribution is 7.89. The Morgan fingerprint density at radius 2 is 1.66 bits per heavy atom. The first-order valence-electron chi connectivity index (χ1n) is 10.7. The molecule has 2 N–H and O–H groups in total. The second-order valence-electron chi connectivity index (χ2n) is 8.13. The quantitative estimate of drug-likeness (QED) is 0.660. The summed E-state index contributed by atoms with van der Waals surface area (Å²) in [7, 11) is -3.66. The zero-order valence-corrected chi connectivity index (χ0v) is 19.1. The number of nitrogens with zero attached hydrogens (tertiary/aromatic N) is 1. The van der Waals surface area contributed by atoms with E-state index in [1.807, 2.05) is 6.07 Å². The van der Waals surface area contributed by atoms with Crippen molar-refractivity contribution in [1.82, 2.24) is 9.62 Å². The van der Waals surface area contributed by atoms with Crippen LogP contribution in [0.5, 0.6) is 5.75 Å². The Labute approximate surface area is 189 Å². The average molecular weight is 460 g/mol. The van der Waals surface area contributed by atoms with Crippen LogP contribution in [0.15, 0.2) is 59.5 Å². The van der Waals surface area contributed by atoms with E-state index in [0.29, 0.717) is 43.9 Å². The van der Waals surface area contributed by atoms with Crippen LogP contribution in [0.1, 0.15) is 26.7 Å². The Morgan fingerprint density at radius 3 is 2.25 bits per heavy atom. The lowest BCUT2D eigenvalue weighted by atomic mass is 9.97.